The molecule has 1 heterocycles. The van der Waals surface area contributed by atoms with Crippen molar-refractivity contribution in [3.63, 3.8) is 0 Å². The van der Waals surface area contributed by atoms with Gasteiger partial charge in [-0.05, 0) is 37.3 Å². The van der Waals surface area contributed by atoms with Gasteiger partial charge in [-0.15, -0.1) is 0 Å². The van der Waals surface area contributed by atoms with E-state index in [1.165, 1.54) is 0 Å². The first-order chi connectivity index (χ1) is 12.6. The van der Waals surface area contributed by atoms with Crippen LogP contribution in [0.15, 0.2) is 59.6 Å². The third-order valence-electron chi connectivity index (χ3n) is 5.20. The Kier molecular flexibility index (Phi) is 4.55. The van der Waals surface area contributed by atoms with Gasteiger partial charge < -0.3 is 10.5 Å². The normalized spacial score (nSPS) is 26.0. The maximum Gasteiger partial charge on any atom is 0.205 e. The van der Waals surface area contributed by atoms with Gasteiger partial charge in [0.2, 0.25) is 11.7 Å². The minimum absolute atomic E-state index is 0.00693. The lowest BCUT2D eigenvalue weighted by Gasteiger charge is -2.42. The Morgan fingerprint density at radius 2 is 1.92 bits per heavy atom. The van der Waals surface area contributed by atoms with E-state index in [0.29, 0.717) is 30.2 Å². The van der Waals surface area contributed by atoms with Crippen LogP contribution in [0, 0.1) is 0 Å². The fourth-order valence-corrected chi connectivity index (χ4v) is 4.19. The number of ether oxygens (including phenoxy) is 1. The second-order valence-corrected chi connectivity index (χ2v) is 7.36. The summed E-state index contributed by atoms with van der Waals surface area (Å²) in [4.78, 5) is 17.9. The lowest BCUT2D eigenvalue weighted by atomic mass is 9.73. The molecule has 4 nitrogen and oxygen atoms in total. The van der Waals surface area contributed by atoms with Crippen molar-refractivity contribution >= 4 is 23.3 Å². The minimum Gasteiger partial charge on any atom is -0.468 e. The molecule has 4 rings (SSSR count). The maximum atomic E-state index is 13.1. The highest BCUT2D eigenvalue weighted by Crippen LogP contribution is 2.44. The number of fused-ring (bicyclic) bond motifs is 2. The molecule has 3 atom stereocenters. The topological polar surface area (TPSA) is 64.7 Å². The number of nitrogens with two attached hydrogens (primary N) is 1. The largest absolute Gasteiger partial charge is 0.468 e. The van der Waals surface area contributed by atoms with Gasteiger partial charge in [-0.2, -0.15) is 0 Å². The van der Waals surface area contributed by atoms with Gasteiger partial charge in [0, 0.05) is 10.6 Å². The van der Waals surface area contributed by atoms with Crippen LogP contribution in [0.1, 0.15) is 30.4 Å². The molecule has 1 aliphatic heterocycles. The molecular weight excluding hydrogens is 348 g/mol. The van der Waals surface area contributed by atoms with Crippen molar-refractivity contribution in [3.05, 3.63) is 70.7 Å². The molecule has 26 heavy (non-hydrogen) atoms. The molecule has 0 saturated heterocycles. The highest BCUT2D eigenvalue weighted by atomic mass is 35.5. The second-order valence-electron chi connectivity index (χ2n) is 6.95. The number of carbonyl (C=O) groups is 1. The standard InChI is InChI=1S/C21H21ClN2O2/c22-16-10-5-4-9-15(16)21-12-6-11-18(19(21)25)26-20(24-21)17(23)13-14-7-2-1-3-8-14/h1-5,7-10,17-18H,6,11-13,23H2/t17-,18+,21+/m0/s1. The summed E-state index contributed by atoms with van der Waals surface area (Å²) in [5.41, 5.74) is 7.30. The van der Waals surface area contributed by atoms with E-state index in [-0.39, 0.29) is 5.78 Å². The summed E-state index contributed by atoms with van der Waals surface area (Å²) in [7, 11) is 0. The zero-order valence-electron chi connectivity index (χ0n) is 14.4. The summed E-state index contributed by atoms with van der Waals surface area (Å²) in [6.45, 7) is 0. The molecular formula is C21H21ClN2O2. The molecule has 2 aromatic rings. The van der Waals surface area contributed by atoms with Crippen LogP contribution in [0.4, 0.5) is 0 Å². The Hall–Kier alpha value is -2.17. The summed E-state index contributed by atoms with van der Waals surface area (Å²) >= 11 is 6.43. The van der Waals surface area contributed by atoms with Gasteiger partial charge in [0.05, 0.1) is 6.04 Å². The van der Waals surface area contributed by atoms with Crippen LogP contribution in [-0.4, -0.2) is 23.8 Å². The van der Waals surface area contributed by atoms with E-state index >= 15 is 0 Å². The number of aliphatic imine (C=N–C) groups is 1. The van der Waals surface area contributed by atoms with E-state index in [1.54, 1.807) is 6.07 Å². The predicted octanol–water partition coefficient (Wildman–Crippen LogP) is 3.66. The van der Waals surface area contributed by atoms with Crippen molar-refractivity contribution in [2.75, 3.05) is 0 Å². The Morgan fingerprint density at radius 1 is 1.19 bits per heavy atom. The lowest BCUT2D eigenvalue weighted by molar-refractivity contribution is -0.137. The predicted molar refractivity (Wildman–Crippen MR) is 102 cm³/mol. The molecule has 5 heteroatoms. The van der Waals surface area contributed by atoms with Crippen LogP contribution in [0.25, 0.3) is 0 Å². The summed E-state index contributed by atoms with van der Waals surface area (Å²) in [6.07, 6.45) is 2.32. The molecule has 2 aromatic carbocycles. The molecule has 1 fully saturated rings. The SMILES string of the molecule is N[C@@H](Cc1ccccc1)C1=N[C@@]2(c3ccccc3Cl)CCC[C@@H](O1)C2=O. The number of nitrogens with zero attached hydrogens (tertiary/aromatic N) is 1. The zero-order chi connectivity index (χ0) is 18.1. The van der Waals surface area contributed by atoms with E-state index < -0.39 is 17.7 Å². The molecule has 0 aromatic heterocycles. The minimum atomic E-state index is -0.969. The van der Waals surface area contributed by atoms with E-state index in [9.17, 15) is 4.79 Å². The molecule has 2 N–H and O–H groups in total. The monoisotopic (exact) mass is 368 g/mol. The van der Waals surface area contributed by atoms with Crippen LogP contribution in [0.3, 0.4) is 0 Å². The van der Waals surface area contributed by atoms with Crippen molar-refractivity contribution in [2.45, 2.75) is 43.4 Å². The molecule has 134 valence electrons. The quantitative estimate of drug-likeness (QED) is 0.895. The zero-order valence-corrected chi connectivity index (χ0v) is 15.2. The molecule has 1 saturated carbocycles. The number of carbonyl (C=O) groups excluding carboxylic acids is 1. The highest BCUT2D eigenvalue weighted by Gasteiger charge is 2.52. The van der Waals surface area contributed by atoms with Crippen LogP contribution in [-0.2, 0) is 21.5 Å². The molecule has 0 spiro atoms. The van der Waals surface area contributed by atoms with Crippen LogP contribution in [0.5, 0.6) is 0 Å². The number of hydrogen-bond acceptors (Lipinski definition) is 4. The molecule has 1 aliphatic carbocycles. The smallest absolute Gasteiger partial charge is 0.205 e. The van der Waals surface area contributed by atoms with Gasteiger partial charge in [-0.25, -0.2) is 4.99 Å². The summed E-state index contributed by atoms with van der Waals surface area (Å²) < 4.78 is 5.92. The highest BCUT2D eigenvalue weighted by molar-refractivity contribution is 6.32. The fourth-order valence-electron chi connectivity index (χ4n) is 3.90. The van der Waals surface area contributed by atoms with E-state index in [2.05, 4.69) is 0 Å². The number of rotatable bonds is 4. The van der Waals surface area contributed by atoms with Gasteiger partial charge in [0.25, 0.3) is 0 Å². The summed E-state index contributed by atoms with van der Waals surface area (Å²) in [5, 5.41) is 0.558. The first-order valence-electron chi connectivity index (χ1n) is 8.95. The molecule has 0 unspecified atom stereocenters. The van der Waals surface area contributed by atoms with Gasteiger partial charge >= 0.3 is 0 Å². The maximum absolute atomic E-state index is 13.1. The first-order valence-corrected chi connectivity index (χ1v) is 9.33. The van der Waals surface area contributed by atoms with Gasteiger partial charge in [-0.3, -0.25) is 4.79 Å². The third-order valence-corrected chi connectivity index (χ3v) is 5.53. The van der Waals surface area contributed by atoms with E-state index in [4.69, 9.17) is 27.1 Å². The van der Waals surface area contributed by atoms with Crippen LogP contribution >= 0.6 is 11.6 Å². The van der Waals surface area contributed by atoms with Gasteiger partial charge in [0.15, 0.2) is 11.6 Å². The Balaban J connectivity index is 1.73. The van der Waals surface area contributed by atoms with Crippen molar-refractivity contribution in [3.8, 4) is 0 Å². The van der Waals surface area contributed by atoms with Gasteiger partial charge in [0.1, 0.15) is 0 Å². The third kappa shape index (κ3) is 2.93. The van der Waals surface area contributed by atoms with Crippen molar-refractivity contribution in [1.82, 2.24) is 0 Å². The lowest BCUT2D eigenvalue weighted by Crippen LogP contribution is -2.54. The Bertz CT molecular complexity index is 852. The van der Waals surface area contributed by atoms with Gasteiger partial charge in [-0.1, -0.05) is 60.1 Å². The molecule has 2 aliphatic rings. The number of Topliss-reactive ketones (excluding diaryl/α,β-unsaturated/α-hetero) is 1. The van der Waals surface area contributed by atoms with Crippen LogP contribution < -0.4 is 5.73 Å². The van der Waals surface area contributed by atoms with E-state index in [0.717, 1.165) is 17.5 Å². The molecule has 0 amide bonds. The Morgan fingerprint density at radius 3 is 2.69 bits per heavy atom. The van der Waals surface area contributed by atoms with Crippen molar-refractivity contribution < 1.29 is 9.53 Å². The molecule has 2 bridgehead atoms. The van der Waals surface area contributed by atoms with Crippen molar-refractivity contribution in [1.29, 1.82) is 0 Å². The molecule has 0 radical (unpaired) electrons. The summed E-state index contributed by atoms with van der Waals surface area (Å²) in [6, 6.07) is 17.0. The fraction of sp³-hybridized carbons (Fsp3) is 0.333. The number of hydrogen-bond donors (Lipinski definition) is 1. The Labute approximate surface area is 158 Å². The number of halogens is 1. The number of ketones is 1. The second kappa shape index (κ2) is 6.86. The average Bonchev–Trinajstić information content (AvgIpc) is 2.63. The average molecular weight is 369 g/mol. The van der Waals surface area contributed by atoms with E-state index in [1.807, 2.05) is 48.5 Å². The van der Waals surface area contributed by atoms with Crippen LogP contribution in [0.2, 0.25) is 5.02 Å². The summed E-state index contributed by atoms with van der Waals surface area (Å²) in [5.74, 6) is 0.450. The first kappa shape index (κ1) is 17.3. The number of benzene rings is 2. The van der Waals surface area contributed by atoms with Crippen molar-refractivity contribution in [2.24, 2.45) is 10.7 Å².